The lowest BCUT2D eigenvalue weighted by Gasteiger charge is -2.01. The van der Waals surface area contributed by atoms with Crippen LogP contribution in [-0.4, -0.2) is 18.2 Å². The van der Waals surface area contributed by atoms with Crippen molar-refractivity contribution in [3.63, 3.8) is 0 Å². The van der Waals surface area contributed by atoms with E-state index in [9.17, 15) is 9.90 Å². The second-order valence-corrected chi connectivity index (χ2v) is 5.85. The second-order valence-electron chi connectivity index (χ2n) is 5.85. The molecule has 0 saturated heterocycles. The Morgan fingerprint density at radius 2 is 1.36 bits per heavy atom. The molecule has 0 aliphatic rings. The number of esters is 1. The van der Waals surface area contributed by atoms with Gasteiger partial charge in [0.25, 0.3) is 0 Å². The lowest BCUT2D eigenvalue weighted by Crippen LogP contribution is -2.03. The van der Waals surface area contributed by atoms with Gasteiger partial charge < -0.3 is 14.6 Å². The summed E-state index contributed by atoms with van der Waals surface area (Å²) in [4.78, 5) is 11.9. The van der Waals surface area contributed by atoms with Crippen molar-refractivity contribution in [3.05, 3.63) is 95.6 Å². The van der Waals surface area contributed by atoms with Crippen LogP contribution in [0.2, 0.25) is 0 Å². The minimum Gasteiger partial charge on any atom is -0.508 e. The fraction of sp³-hybridized carbons (Fsp3) is 0.0417. The number of methoxy groups -OCH3 is 1. The molecule has 138 valence electrons. The van der Waals surface area contributed by atoms with Crippen molar-refractivity contribution in [2.45, 2.75) is 0 Å². The van der Waals surface area contributed by atoms with Crippen LogP contribution >= 0.6 is 0 Å². The number of carbonyl (C=O) groups is 1. The van der Waals surface area contributed by atoms with Crippen molar-refractivity contribution < 1.29 is 19.4 Å². The van der Waals surface area contributed by atoms with Gasteiger partial charge in [-0.15, -0.1) is 0 Å². The number of hydrogen-bond donors (Lipinski definition) is 1. The predicted molar refractivity (Wildman–Crippen MR) is 108 cm³/mol. The van der Waals surface area contributed by atoms with E-state index in [0.717, 1.165) is 22.4 Å². The van der Waals surface area contributed by atoms with Gasteiger partial charge in [0, 0.05) is 17.2 Å². The first-order chi connectivity index (χ1) is 13.6. The Bertz CT molecular complexity index is 1020. The average molecular weight is 370 g/mol. The van der Waals surface area contributed by atoms with Crippen LogP contribution in [0.1, 0.15) is 16.7 Å². The largest absolute Gasteiger partial charge is 0.508 e. The number of hydrogen-bond acceptors (Lipinski definition) is 4. The normalized spacial score (nSPS) is 10.2. The number of phenolic OH excluding ortho intramolecular Hbond substituents is 1. The van der Waals surface area contributed by atoms with Crippen molar-refractivity contribution >= 4 is 12.0 Å². The van der Waals surface area contributed by atoms with Crippen LogP contribution < -0.4 is 9.47 Å². The lowest BCUT2D eigenvalue weighted by molar-refractivity contribution is -0.128. The van der Waals surface area contributed by atoms with E-state index in [4.69, 9.17) is 9.47 Å². The van der Waals surface area contributed by atoms with Gasteiger partial charge >= 0.3 is 5.97 Å². The maximum atomic E-state index is 11.9. The minimum absolute atomic E-state index is 0.176. The fourth-order valence-corrected chi connectivity index (χ4v) is 2.32. The van der Waals surface area contributed by atoms with Crippen LogP contribution in [0.5, 0.6) is 17.2 Å². The number of aromatic hydroxyl groups is 1. The summed E-state index contributed by atoms with van der Waals surface area (Å²) in [6.45, 7) is 0. The van der Waals surface area contributed by atoms with Crippen molar-refractivity contribution in [2.24, 2.45) is 0 Å². The zero-order valence-electron chi connectivity index (χ0n) is 15.3. The Kier molecular flexibility index (Phi) is 6.12. The summed E-state index contributed by atoms with van der Waals surface area (Å²) in [7, 11) is 1.62. The molecule has 4 heteroatoms. The summed E-state index contributed by atoms with van der Waals surface area (Å²) in [5, 5.41) is 9.25. The highest BCUT2D eigenvalue weighted by Crippen LogP contribution is 2.14. The molecule has 3 rings (SSSR count). The Hall–Kier alpha value is -3.97. The molecule has 0 fully saturated rings. The predicted octanol–water partition coefficient (Wildman–Crippen LogP) is 4.42. The van der Waals surface area contributed by atoms with Crippen LogP contribution in [0.25, 0.3) is 6.08 Å². The Morgan fingerprint density at radius 1 is 0.821 bits per heavy atom. The molecule has 0 unspecified atom stereocenters. The number of carbonyl (C=O) groups excluding carboxylic acids is 1. The summed E-state index contributed by atoms with van der Waals surface area (Å²) in [6, 6.07) is 21.0. The molecule has 0 radical (unpaired) electrons. The van der Waals surface area contributed by atoms with Gasteiger partial charge in [-0.25, -0.2) is 4.79 Å². The van der Waals surface area contributed by atoms with Crippen LogP contribution in [-0.2, 0) is 4.79 Å². The van der Waals surface area contributed by atoms with Gasteiger partial charge in [-0.3, -0.25) is 0 Å². The summed E-state index contributed by atoms with van der Waals surface area (Å²) in [5.41, 5.74) is 2.49. The van der Waals surface area contributed by atoms with E-state index in [1.165, 1.54) is 6.08 Å². The molecule has 0 amide bonds. The average Bonchev–Trinajstić information content (AvgIpc) is 2.73. The zero-order valence-corrected chi connectivity index (χ0v) is 15.3. The Morgan fingerprint density at radius 3 is 1.89 bits per heavy atom. The molecule has 0 bridgehead atoms. The minimum atomic E-state index is -0.481. The molecule has 0 saturated carbocycles. The highest BCUT2D eigenvalue weighted by Gasteiger charge is 2.00. The maximum Gasteiger partial charge on any atom is 0.336 e. The summed E-state index contributed by atoms with van der Waals surface area (Å²) in [6.07, 6.45) is 2.96. The van der Waals surface area contributed by atoms with E-state index in [1.54, 1.807) is 61.7 Å². The SMILES string of the molecule is COc1ccc(C#Cc2ccc(OC(=O)/C=C/c3ccc(O)cc3)cc2)cc1. The molecule has 0 aliphatic carbocycles. The zero-order chi connectivity index (χ0) is 19.8. The molecule has 3 aromatic rings. The third kappa shape index (κ3) is 5.52. The van der Waals surface area contributed by atoms with Gasteiger partial charge in [-0.2, -0.15) is 0 Å². The third-order valence-electron chi connectivity index (χ3n) is 3.82. The monoisotopic (exact) mass is 370 g/mol. The molecule has 0 atom stereocenters. The molecule has 28 heavy (non-hydrogen) atoms. The van der Waals surface area contributed by atoms with Crippen LogP contribution in [0.3, 0.4) is 0 Å². The molecule has 4 nitrogen and oxygen atoms in total. The summed E-state index contributed by atoms with van der Waals surface area (Å²) < 4.78 is 10.4. The van der Waals surface area contributed by atoms with E-state index in [-0.39, 0.29) is 5.75 Å². The fourth-order valence-electron chi connectivity index (χ4n) is 2.32. The third-order valence-corrected chi connectivity index (χ3v) is 3.82. The van der Waals surface area contributed by atoms with E-state index in [2.05, 4.69) is 11.8 Å². The van der Waals surface area contributed by atoms with E-state index in [1.807, 2.05) is 24.3 Å². The molecular formula is C24H18O4. The summed E-state index contributed by atoms with van der Waals surface area (Å²) in [5.74, 6) is 7.06. The van der Waals surface area contributed by atoms with Crippen LogP contribution in [0.15, 0.2) is 78.9 Å². The van der Waals surface area contributed by atoms with E-state index >= 15 is 0 Å². The van der Waals surface area contributed by atoms with Gasteiger partial charge in [0.15, 0.2) is 0 Å². The van der Waals surface area contributed by atoms with Crippen LogP contribution in [0, 0.1) is 11.8 Å². The molecule has 0 spiro atoms. The number of ether oxygens (including phenoxy) is 2. The first-order valence-electron chi connectivity index (χ1n) is 8.57. The van der Waals surface area contributed by atoms with Gasteiger partial charge in [0.1, 0.15) is 17.2 Å². The summed E-state index contributed by atoms with van der Waals surface area (Å²) >= 11 is 0. The van der Waals surface area contributed by atoms with E-state index in [0.29, 0.717) is 5.75 Å². The Balaban J connectivity index is 1.58. The quantitative estimate of drug-likeness (QED) is 0.320. The smallest absolute Gasteiger partial charge is 0.336 e. The highest BCUT2D eigenvalue weighted by atomic mass is 16.5. The maximum absolute atomic E-state index is 11.9. The number of rotatable bonds is 4. The van der Waals surface area contributed by atoms with Crippen molar-refractivity contribution in [2.75, 3.05) is 7.11 Å². The van der Waals surface area contributed by atoms with Gasteiger partial charge in [0.05, 0.1) is 7.11 Å². The van der Waals surface area contributed by atoms with Crippen molar-refractivity contribution in [3.8, 4) is 29.1 Å². The molecule has 0 aromatic heterocycles. The molecular weight excluding hydrogens is 352 g/mol. The van der Waals surface area contributed by atoms with Crippen LogP contribution in [0.4, 0.5) is 0 Å². The topological polar surface area (TPSA) is 55.8 Å². The van der Waals surface area contributed by atoms with Crippen molar-refractivity contribution in [1.29, 1.82) is 0 Å². The molecule has 1 N–H and O–H groups in total. The lowest BCUT2D eigenvalue weighted by atomic mass is 10.2. The van der Waals surface area contributed by atoms with Gasteiger partial charge in [-0.1, -0.05) is 24.0 Å². The first-order valence-corrected chi connectivity index (χ1v) is 8.57. The molecule has 0 aliphatic heterocycles. The Labute approximate surface area is 163 Å². The second kappa shape index (κ2) is 9.11. The number of phenols is 1. The van der Waals surface area contributed by atoms with Crippen molar-refractivity contribution in [1.82, 2.24) is 0 Å². The highest BCUT2D eigenvalue weighted by molar-refractivity contribution is 5.88. The van der Waals surface area contributed by atoms with Gasteiger partial charge in [-0.05, 0) is 72.3 Å². The van der Waals surface area contributed by atoms with Gasteiger partial charge in [0.2, 0.25) is 0 Å². The van der Waals surface area contributed by atoms with E-state index < -0.39 is 5.97 Å². The molecule has 3 aromatic carbocycles. The molecule has 0 heterocycles. The first kappa shape index (κ1) is 18.8. The standard InChI is InChI=1S/C24H18O4/c1-27-22-13-6-18(7-14-22)2-3-19-8-15-23(16-9-19)28-24(26)17-10-20-4-11-21(25)12-5-20/h4-17,25H,1H3/b17-10+. The number of benzene rings is 3.